The van der Waals surface area contributed by atoms with Crippen molar-refractivity contribution in [1.82, 2.24) is 4.90 Å². The minimum Gasteiger partial charge on any atom is -0.460 e. The van der Waals surface area contributed by atoms with Crippen LogP contribution in [0.4, 0.5) is 4.79 Å². The van der Waals surface area contributed by atoms with E-state index in [1.54, 1.807) is 18.3 Å². The summed E-state index contributed by atoms with van der Waals surface area (Å²) in [7, 11) is 0. The molecule has 0 saturated carbocycles. The predicted molar refractivity (Wildman–Crippen MR) is 127 cm³/mol. The molecule has 1 amide bonds. The molecule has 2 rings (SSSR count). The second kappa shape index (κ2) is 13.0. The smallest absolute Gasteiger partial charge is 0.410 e. The van der Waals surface area contributed by atoms with Crippen LogP contribution in [0, 0.1) is 5.92 Å². The average molecular weight is 460 g/mol. The van der Waals surface area contributed by atoms with Crippen molar-refractivity contribution in [3.05, 3.63) is 46.2 Å². The fourth-order valence-electron chi connectivity index (χ4n) is 3.14. The van der Waals surface area contributed by atoms with E-state index in [-0.39, 0.29) is 26.3 Å². The zero-order valence-electron chi connectivity index (χ0n) is 19.4. The van der Waals surface area contributed by atoms with Crippen LogP contribution in [0.25, 0.3) is 11.1 Å². The zero-order valence-corrected chi connectivity index (χ0v) is 20.2. The molecule has 0 aliphatic heterocycles. The zero-order chi connectivity index (χ0) is 23.5. The highest BCUT2D eigenvalue weighted by Gasteiger charge is 2.24. The molecule has 174 valence electrons. The molecule has 7 heteroatoms. The fraction of sp³-hybridized carbons (Fsp3) is 0.480. The van der Waals surface area contributed by atoms with Gasteiger partial charge in [-0.15, -0.1) is 11.3 Å². The predicted octanol–water partition coefficient (Wildman–Crippen LogP) is 5.48. The van der Waals surface area contributed by atoms with Crippen LogP contribution in [0.3, 0.4) is 0 Å². The van der Waals surface area contributed by atoms with Gasteiger partial charge in [0.1, 0.15) is 0 Å². The summed E-state index contributed by atoms with van der Waals surface area (Å²) < 4.78 is 10.1. The lowest BCUT2D eigenvalue weighted by atomic mass is 10.0. The molecule has 0 unspecified atom stereocenters. The summed E-state index contributed by atoms with van der Waals surface area (Å²) in [5.74, 6) is -1.12. The average Bonchev–Trinajstić information content (AvgIpc) is 3.21. The Morgan fingerprint density at radius 1 is 1.06 bits per heavy atom. The SMILES string of the molecule is CCCCOC(=O)N(CC(=O)C(=O)OCC)Cc1cccc(-c2csc(CC(C)C)c2)c1. The summed E-state index contributed by atoms with van der Waals surface area (Å²) in [6, 6.07) is 10.1. The fourth-order valence-corrected chi connectivity index (χ4v) is 4.25. The quantitative estimate of drug-likeness (QED) is 0.239. The van der Waals surface area contributed by atoms with E-state index in [1.807, 2.05) is 31.2 Å². The normalized spacial score (nSPS) is 10.8. The van der Waals surface area contributed by atoms with Gasteiger partial charge in [-0.05, 0) is 59.9 Å². The van der Waals surface area contributed by atoms with Crippen LogP contribution in [0.15, 0.2) is 35.7 Å². The minimum absolute atomic E-state index is 0.104. The maximum atomic E-state index is 12.6. The van der Waals surface area contributed by atoms with E-state index in [1.165, 1.54) is 9.78 Å². The number of hydrogen-bond acceptors (Lipinski definition) is 6. The third-order valence-electron chi connectivity index (χ3n) is 4.72. The van der Waals surface area contributed by atoms with E-state index in [4.69, 9.17) is 9.47 Å². The van der Waals surface area contributed by atoms with Gasteiger partial charge in [-0.25, -0.2) is 9.59 Å². The lowest BCUT2D eigenvalue weighted by Gasteiger charge is -2.21. The minimum atomic E-state index is -0.941. The molecule has 2 aromatic rings. The first-order chi connectivity index (χ1) is 15.3. The van der Waals surface area contributed by atoms with Gasteiger partial charge in [0.25, 0.3) is 5.78 Å². The standard InChI is InChI=1S/C25H33NO5S/c1-5-7-11-31-25(29)26(16-23(27)24(28)30-6-2)15-19-9-8-10-20(13-19)21-14-22(32-17-21)12-18(3)4/h8-10,13-14,17-18H,5-7,11-12,15-16H2,1-4H3. The molecule has 0 atom stereocenters. The Hall–Kier alpha value is -2.67. The molecule has 1 heterocycles. The molecular formula is C25H33NO5S. The number of carbonyl (C=O) groups excluding carboxylic acids is 3. The first-order valence-electron chi connectivity index (χ1n) is 11.1. The van der Waals surface area contributed by atoms with Gasteiger partial charge in [0, 0.05) is 11.4 Å². The van der Waals surface area contributed by atoms with Gasteiger partial charge in [-0.3, -0.25) is 9.69 Å². The molecule has 0 bridgehead atoms. The number of benzene rings is 1. The third kappa shape index (κ3) is 8.11. The van der Waals surface area contributed by atoms with E-state index >= 15 is 0 Å². The number of unbranched alkanes of at least 4 members (excludes halogenated alkanes) is 1. The van der Waals surface area contributed by atoms with Crippen molar-refractivity contribution in [3.63, 3.8) is 0 Å². The van der Waals surface area contributed by atoms with Crippen molar-refractivity contribution in [2.45, 2.75) is 53.5 Å². The van der Waals surface area contributed by atoms with Gasteiger partial charge in [0.05, 0.1) is 19.8 Å². The van der Waals surface area contributed by atoms with Crippen LogP contribution in [-0.4, -0.2) is 42.5 Å². The van der Waals surface area contributed by atoms with Crippen molar-refractivity contribution in [1.29, 1.82) is 0 Å². The molecule has 0 radical (unpaired) electrons. The van der Waals surface area contributed by atoms with Crippen LogP contribution in [0.2, 0.25) is 0 Å². The maximum Gasteiger partial charge on any atom is 0.410 e. The van der Waals surface area contributed by atoms with Gasteiger partial charge >= 0.3 is 12.1 Å². The Kier molecular flexibility index (Phi) is 10.4. The molecule has 0 aliphatic carbocycles. The maximum absolute atomic E-state index is 12.6. The van der Waals surface area contributed by atoms with Crippen LogP contribution in [0.1, 0.15) is 51.0 Å². The summed E-state index contributed by atoms with van der Waals surface area (Å²) in [6.07, 6.45) is 2.04. The van der Waals surface area contributed by atoms with Crippen molar-refractivity contribution < 1.29 is 23.9 Å². The molecule has 0 spiro atoms. The summed E-state index contributed by atoms with van der Waals surface area (Å²) in [5.41, 5.74) is 3.03. The highest BCUT2D eigenvalue weighted by molar-refractivity contribution is 7.10. The van der Waals surface area contributed by atoms with E-state index in [9.17, 15) is 14.4 Å². The van der Waals surface area contributed by atoms with Gasteiger partial charge in [-0.1, -0.05) is 45.4 Å². The van der Waals surface area contributed by atoms with Gasteiger partial charge in [-0.2, -0.15) is 0 Å². The first-order valence-corrected chi connectivity index (χ1v) is 12.0. The number of hydrogen-bond donors (Lipinski definition) is 0. The van der Waals surface area contributed by atoms with E-state index in [0.29, 0.717) is 5.92 Å². The molecule has 1 aromatic carbocycles. The molecule has 0 N–H and O–H groups in total. The van der Waals surface area contributed by atoms with Gasteiger partial charge in [0.2, 0.25) is 0 Å². The number of ether oxygens (including phenoxy) is 2. The van der Waals surface area contributed by atoms with E-state index in [2.05, 4.69) is 25.3 Å². The highest BCUT2D eigenvalue weighted by Crippen LogP contribution is 2.28. The van der Waals surface area contributed by atoms with E-state index < -0.39 is 17.8 Å². The second-order valence-electron chi connectivity index (χ2n) is 8.07. The topological polar surface area (TPSA) is 72.9 Å². The number of amides is 1. The Labute approximate surface area is 194 Å². The summed E-state index contributed by atoms with van der Waals surface area (Å²) in [4.78, 5) is 39.2. The van der Waals surface area contributed by atoms with E-state index in [0.717, 1.165) is 36.0 Å². The van der Waals surface area contributed by atoms with Crippen LogP contribution in [-0.2, 0) is 32.0 Å². The third-order valence-corrected chi connectivity index (χ3v) is 5.68. The number of nitrogens with zero attached hydrogens (tertiary/aromatic N) is 1. The van der Waals surface area contributed by atoms with Crippen molar-refractivity contribution in [2.75, 3.05) is 19.8 Å². The summed E-state index contributed by atoms with van der Waals surface area (Å²) >= 11 is 1.74. The molecular weight excluding hydrogens is 426 g/mol. The van der Waals surface area contributed by atoms with Crippen molar-refractivity contribution in [2.24, 2.45) is 5.92 Å². The summed E-state index contributed by atoms with van der Waals surface area (Å²) in [6.45, 7) is 8.18. The number of carbonyl (C=O) groups is 3. The Bertz CT molecular complexity index is 905. The van der Waals surface area contributed by atoms with Crippen LogP contribution < -0.4 is 0 Å². The number of Topliss-reactive ketones (excluding diaryl/α,β-unsaturated/α-hetero) is 1. The van der Waals surface area contributed by atoms with Crippen LogP contribution >= 0.6 is 11.3 Å². The number of thiophene rings is 1. The highest BCUT2D eigenvalue weighted by atomic mass is 32.1. The van der Waals surface area contributed by atoms with Crippen molar-refractivity contribution in [3.8, 4) is 11.1 Å². The monoisotopic (exact) mass is 459 g/mol. The van der Waals surface area contributed by atoms with Crippen molar-refractivity contribution >= 4 is 29.2 Å². The second-order valence-corrected chi connectivity index (χ2v) is 9.06. The number of ketones is 1. The number of rotatable bonds is 12. The first kappa shape index (κ1) is 25.6. The van der Waals surface area contributed by atoms with Gasteiger partial charge < -0.3 is 9.47 Å². The van der Waals surface area contributed by atoms with Gasteiger partial charge in [0.15, 0.2) is 0 Å². The Morgan fingerprint density at radius 3 is 2.53 bits per heavy atom. The Balaban J connectivity index is 2.17. The molecule has 1 aromatic heterocycles. The molecule has 0 fully saturated rings. The largest absolute Gasteiger partial charge is 0.460 e. The molecule has 6 nitrogen and oxygen atoms in total. The molecule has 32 heavy (non-hydrogen) atoms. The van der Waals surface area contributed by atoms with Crippen LogP contribution in [0.5, 0.6) is 0 Å². The summed E-state index contributed by atoms with van der Waals surface area (Å²) in [5, 5.41) is 2.14. The lowest BCUT2D eigenvalue weighted by molar-refractivity contribution is -0.153. The molecule has 0 aliphatic rings. The Morgan fingerprint density at radius 2 is 1.84 bits per heavy atom. The lowest BCUT2D eigenvalue weighted by Crippen LogP contribution is -2.38. The molecule has 0 saturated heterocycles. The number of esters is 1.